The highest BCUT2D eigenvalue weighted by molar-refractivity contribution is 7.33. The van der Waals surface area contributed by atoms with Crippen LogP contribution in [0.4, 0.5) is 10.5 Å². The Hall–Kier alpha value is -1.56. The van der Waals surface area contributed by atoms with E-state index in [9.17, 15) is 14.7 Å². The van der Waals surface area contributed by atoms with Crippen LogP contribution in [0, 0.1) is 0 Å². The summed E-state index contributed by atoms with van der Waals surface area (Å²) < 4.78 is 4.87. The molecule has 0 saturated carbocycles. The minimum absolute atomic E-state index is 0.114. The van der Waals surface area contributed by atoms with Crippen LogP contribution in [0.2, 0.25) is 0 Å². The second-order valence-corrected chi connectivity index (χ2v) is 8.99. The van der Waals surface area contributed by atoms with Crippen molar-refractivity contribution in [3.63, 3.8) is 0 Å². The normalized spacial score (nSPS) is 13.0. The van der Waals surface area contributed by atoms with Gasteiger partial charge in [-0.2, -0.15) is 0 Å². The van der Waals surface area contributed by atoms with Crippen LogP contribution >= 0.6 is 10.5 Å². The van der Waals surface area contributed by atoms with Gasteiger partial charge in [-0.25, -0.2) is 4.79 Å². The van der Waals surface area contributed by atoms with Crippen molar-refractivity contribution >= 4 is 28.2 Å². The number of rotatable bonds is 2. The van der Waals surface area contributed by atoms with Crippen LogP contribution in [0.1, 0.15) is 51.2 Å². The summed E-state index contributed by atoms with van der Waals surface area (Å²) in [6.07, 6.45) is -0.671. The van der Waals surface area contributed by atoms with Gasteiger partial charge in [0.25, 0.3) is 0 Å². The summed E-state index contributed by atoms with van der Waals surface area (Å²) in [5.41, 5.74) is -0.391. The maximum absolute atomic E-state index is 11.7. The summed E-state index contributed by atoms with van der Waals surface area (Å²) in [6.45, 7) is 11.1. The van der Waals surface area contributed by atoms with Gasteiger partial charge in [0.15, 0.2) is 0 Å². The van der Waals surface area contributed by atoms with Gasteiger partial charge in [-0.3, -0.25) is 5.32 Å². The summed E-state index contributed by atoms with van der Waals surface area (Å²) in [7, 11) is -0.615. The van der Waals surface area contributed by atoms with E-state index < -0.39 is 28.1 Å². The van der Waals surface area contributed by atoms with Crippen molar-refractivity contribution in [3.05, 3.63) is 16.3 Å². The Kier molecular flexibility index (Phi) is 4.49. The smallest absolute Gasteiger partial charge is 0.412 e. The van der Waals surface area contributed by atoms with Crippen molar-refractivity contribution < 1.29 is 19.4 Å². The number of carboxylic acids is 1. The van der Waals surface area contributed by atoms with Crippen LogP contribution in [0.15, 0.2) is 11.4 Å². The molecule has 0 fully saturated rings. The number of carbonyl (C=O) groups is 2. The van der Waals surface area contributed by atoms with Gasteiger partial charge in [-0.15, -0.1) is 0 Å². The Balaban J connectivity index is 3.06. The van der Waals surface area contributed by atoms with Crippen LogP contribution in [0.3, 0.4) is 0 Å². The molecule has 0 aliphatic rings. The molecular formula is C14H21NO4S. The molecule has 1 aromatic rings. The Morgan fingerprint density at radius 3 is 2.15 bits per heavy atom. The molecule has 1 amide bonds. The molecule has 0 spiro atoms. The van der Waals surface area contributed by atoms with E-state index in [4.69, 9.17) is 4.74 Å². The first-order chi connectivity index (χ1) is 8.92. The largest absolute Gasteiger partial charge is 0.540 e. The van der Waals surface area contributed by atoms with E-state index in [1.165, 1.54) is 0 Å². The van der Waals surface area contributed by atoms with Gasteiger partial charge >= 0.3 is 6.09 Å². The zero-order valence-corrected chi connectivity index (χ0v) is 13.5. The highest BCUT2D eigenvalue weighted by atomic mass is 32.2. The first-order valence-electron chi connectivity index (χ1n) is 6.29. The molecule has 1 heterocycles. The fraction of sp³-hybridized carbons (Fsp3) is 0.571. The predicted molar refractivity (Wildman–Crippen MR) is 78.1 cm³/mol. The lowest BCUT2D eigenvalue weighted by molar-refractivity contribution is -0.254. The summed E-state index contributed by atoms with van der Waals surface area (Å²) in [5.74, 6) is -1.26. The number of hydrogen-bond donors (Lipinski definition) is 1. The third kappa shape index (κ3) is 4.23. The summed E-state index contributed by atoms with van der Waals surface area (Å²) in [6, 6.07) is 1.60. The number of aromatic carboxylic acids is 1. The fourth-order valence-corrected chi connectivity index (χ4v) is 3.58. The standard InChI is InChI=1S/C14H21NO4S/c1-13(2,3)19-12(18)15-9-7-8-20(14(4,5)6)10(9)11(16)17/h7-8H,1-6H3,(H-,15,16,17,18). The zero-order valence-electron chi connectivity index (χ0n) is 12.7. The molecule has 0 aliphatic carbocycles. The molecule has 112 valence electrons. The number of thiophene rings is 1. The molecule has 0 bridgehead atoms. The van der Waals surface area contributed by atoms with Crippen molar-refractivity contribution in [1.82, 2.24) is 0 Å². The third-order valence-electron chi connectivity index (χ3n) is 2.32. The highest BCUT2D eigenvalue weighted by Crippen LogP contribution is 2.43. The number of amides is 1. The molecule has 0 saturated heterocycles. The molecule has 0 aromatic carbocycles. The highest BCUT2D eigenvalue weighted by Gasteiger charge is 2.33. The Morgan fingerprint density at radius 1 is 1.20 bits per heavy atom. The van der Waals surface area contributed by atoms with Crippen LogP contribution in [-0.2, 0) is 9.48 Å². The predicted octanol–water partition coefficient (Wildman–Crippen LogP) is 2.90. The van der Waals surface area contributed by atoms with Crippen LogP contribution in [0.25, 0.3) is 0 Å². The van der Waals surface area contributed by atoms with Crippen molar-refractivity contribution in [2.75, 3.05) is 5.32 Å². The third-order valence-corrected chi connectivity index (χ3v) is 4.87. The molecule has 1 aromatic heterocycles. The number of ether oxygens (including phenoxy) is 1. The topological polar surface area (TPSA) is 78.5 Å². The summed E-state index contributed by atoms with van der Waals surface area (Å²) in [4.78, 5) is 23.2. The van der Waals surface area contributed by atoms with Gasteiger partial charge in [0.05, 0.1) is 0 Å². The molecule has 0 radical (unpaired) electrons. The minimum Gasteiger partial charge on any atom is -0.540 e. The molecule has 1 N–H and O–H groups in total. The Morgan fingerprint density at radius 2 is 1.75 bits per heavy atom. The number of carboxylic acid groups (broad SMARTS) is 1. The van der Waals surface area contributed by atoms with Crippen molar-refractivity contribution in [2.24, 2.45) is 0 Å². The molecule has 5 nitrogen and oxygen atoms in total. The lowest BCUT2D eigenvalue weighted by Crippen LogP contribution is -2.29. The lowest BCUT2D eigenvalue weighted by Gasteiger charge is -2.19. The zero-order chi connectivity index (χ0) is 15.7. The maximum Gasteiger partial charge on any atom is 0.412 e. The molecule has 1 unspecified atom stereocenters. The fourth-order valence-electron chi connectivity index (χ4n) is 1.62. The Labute approximate surface area is 121 Å². The number of carbonyl (C=O) groups excluding carboxylic acids is 2. The lowest BCUT2D eigenvalue weighted by atomic mass is 10.2. The molecule has 6 heteroatoms. The quantitative estimate of drug-likeness (QED) is 0.852. The van der Waals surface area contributed by atoms with Crippen molar-refractivity contribution in [2.45, 2.75) is 51.9 Å². The SMILES string of the molecule is CC(C)(C)OC(=O)Nc1cc[s+](C(C)(C)C)c1C(=O)[O-]. The van der Waals surface area contributed by atoms with E-state index in [2.05, 4.69) is 5.32 Å². The number of nitrogens with one attached hydrogen (secondary N) is 1. The average Bonchev–Trinajstić information content (AvgIpc) is 2.57. The molecule has 1 atom stereocenters. The van der Waals surface area contributed by atoms with Crippen molar-refractivity contribution in [1.29, 1.82) is 0 Å². The van der Waals surface area contributed by atoms with Crippen molar-refractivity contribution in [3.8, 4) is 0 Å². The van der Waals surface area contributed by atoms with Gasteiger partial charge in [0.2, 0.25) is 4.88 Å². The van der Waals surface area contributed by atoms with E-state index in [0.717, 1.165) is 0 Å². The van der Waals surface area contributed by atoms with Crippen LogP contribution in [0.5, 0.6) is 0 Å². The van der Waals surface area contributed by atoms with Gasteiger partial charge in [-0.1, -0.05) is 0 Å². The van der Waals surface area contributed by atoms with Gasteiger partial charge in [0.1, 0.15) is 27.4 Å². The number of anilines is 1. The maximum atomic E-state index is 11.7. The van der Waals surface area contributed by atoms with E-state index >= 15 is 0 Å². The average molecular weight is 299 g/mol. The molecule has 0 aliphatic heterocycles. The molecule has 20 heavy (non-hydrogen) atoms. The second-order valence-electron chi connectivity index (χ2n) is 6.41. The first kappa shape index (κ1) is 16.5. The minimum atomic E-state index is -1.26. The van der Waals surface area contributed by atoms with Gasteiger partial charge < -0.3 is 14.6 Å². The van der Waals surface area contributed by atoms with E-state index in [-0.39, 0.29) is 15.3 Å². The van der Waals surface area contributed by atoms with Crippen LogP contribution < -0.4 is 10.4 Å². The van der Waals surface area contributed by atoms with Crippen LogP contribution in [-0.4, -0.2) is 17.7 Å². The van der Waals surface area contributed by atoms with Gasteiger partial charge in [0, 0.05) is 6.07 Å². The number of hydrogen-bond acceptors (Lipinski definition) is 4. The summed E-state index contributed by atoms with van der Waals surface area (Å²) >= 11 is 0. The Bertz CT molecular complexity index is 520. The molecular weight excluding hydrogens is 278 g/mol. The van der Waals surface area contributed by atoms with E-state index in [1.807, 2.05) is 20.8 Å². The first-order valence-corrected chi connectivity index (χ1v) is 7.57. The summed E-state index contributed by atoms with van der Waals surface area (Å²) in [5, 5.41) is 15.6. The molecule has 1 rings (SSSR count). The van der Waals surface area contributed by atoms with E-state index in [0.29, 0.717) is 0 Å². The monoisotopic (exact) mass is 299 g/mol. The van der Waals surface area contributed by atoms with E-state index in [1.54, 1.807) is 32.2 Å². The second kappa shape index (κ2) is 5.44. The van der Waals surface area contributed by atoms with Gasteiger partial charge in [-0.05, 0) is 52.0 Å².